The van der Waals surface area contributed by atoms with Gasteiger partial charge in [-0.05, 0) is 46.3 Å². The molecular weight excluding hydrogens is 336 g/mol. The monoisotopic (exact) mass is 354 g/mol. The number of carbonyl (C=O) groups excluding carboxylic acids is 1. The second-order valence-electron chi connectivity index (χ2n) is 6.03. The van der Waals surface area contributed by atoms with Crippen molar-refractivity contribution in [1.29, 1.82) is 0 Å². The van der Waals surface area contributed by atoms with E-state index in [-0.39, 0.29) is 17.0 Å². The Kier molecular flexibility index (Phi) is 4.99. The van der Waals surface area contributed by atoms with E-state index in [9.17, 15) is 4.79 Å². The topological polar surface area (TPSA) is 84.7 Å². The van der Waals surface area contributed by atoms with Gasteiger partial charge >= 0.3 is 0 Å². The molecule has 0 unspecified atom stereocenters. The molecule has 2 N–H and O–H groups in total. The van der Waals surface area contributed by atoms with Gasteiger partial charge in [0.25, 0.3) is 11.9 Å². The number of thiocarbonyl (C=S) groups is 1. The molecule has 8 heteroatoms. The first kappa shape index (κ1) is 17.0. The van der Waals surface area contributed by atoms with E-state index in [1.165, 1.54) is 4.80 Å². The molecule has 7 nitrogen and oxygen atoms in total. The normalized spacial score (nSPS) is 10.8. The smallest absolute Gasteiger partial charge is 0.269 e. The highest BCUT2D eigenvalue weighted by atomic mass is 32.1. The van der Waals surface area contributed by atoms with Gasteiger partial charge in [0.1, 0.15) is 0 Å². The number of rotatable bonds is 4. The lowest BCUT2D eigenvalue weighted by atomic mass is 10.1. The molecule has 1 amide bonds. The van der Waals surface area contributed by atoms with Crippen LogP contribution in [-0.4, -0.2) is 31.2 Å². The number of nitrogens with zero attached hydrogens (tertiary/aromatic N) is 4. The van der Waals surface area contributed by atoms with Crippen molar-refractivity contribution in [2.75, 3.05) is 5.32 Å². The summed E-state index contributed by atoms with van der Waals surface area (Å²) in [6.45, 7) is 4.78. The average Bonchev–Trinajstić information content (AvgIpc) is 3.00. The van der Waals surface area contributed by atoms with Crippen molar-refractivity contribution < 1.29 is 4.79 Å². The molecule has 0 aliphatic heterocycles. The summed E-state index contributed by atoms with van der Waals surface area (Å²) in [5.74, 6) is 0.365. The van der Waals surface area contributed by atoms with Gasteiger partial charge in [-0.1, -0.05) is 49.3 Å². The van der Waals surface area contributed by atoms with E-state index >= 15 is 0 Å². The highest BCUT2D eigenvalue weighted by Gasteiger charge is 2.11. The van der Waals surface area contributed by atoms with E-state index in [1.807, 2.05) is 36.4 Å². The summed E-state index contributed by atoms with van der Waals surface area (Å²) < 4.78 is 0. The maximum absolute atomic E-state index is 12.3. The second-order valence-corrected chi connectivity index (χ2v) is 6.44. The van der Waals surface area contributed by atoms with Gasteiger partial charge in [0, 0.05) is 5.56 Å². The zero-order chi connectivity index (χ0) is 17.8. The number of fused-ring (bicyclic) bond motifs is 1. The number of aromatic nitrogens is 4. The summed E-state index contributed by atoms with van der Waals surface area (Å²) in [5.41, 5.74) is 0.527. The molecule has 0 radical (unpaired) electrons. The van der Waals surface area contributed by atoms with Gasteiger partial charge in [0.15, 0.2) is 5.11 Å². The lowest BCUT2D eigenvalue weighted by molar-refractivity contribution is 0.0978. The van der Waals surface area contributed by atoms with Crippen molar-refractivity contribution >= 4 is 40.0 Å². The Labute approximate surface area is 150 Å². The van der Waals surface area contributed by atoms with Crippen LogP contribution in [0.25, 0.3) is 10.8 Å². The zero-order valence-corrected chi connectivity index (χ0v) is 14.7. The molecule has 0 atom stereocenters. The molecule has 3 rings (SSSR count). The van der Waals surface area contributed by atoms with Crippen LogP contribution in [0.4, 0.5) is 5.95 Å². The Balaban J connectivity index is 1.63. The minimum atomic E-state index is -0.294. The molecule has 0 aliphatic rings. The Morgan fingerprint density at radius 3 is 2.72 bits per heavy atom. The van der Waals surface area contributed by atoms with Crippen LogP contribution < -0.4 is 10.6 Å². The Hall–Kier alpha value is -2.87. The summed E-state index contributed by atoms with van der Waals surface area (Å²) in [7, 11) is 0. The summed E-state index contributed by atoms with van der Waals surface area (Å²) >= 11 is 5.15. The molecule has 25 heavy (non-hydrogen) atoms. The third-order valence-electron chi connectivity index (χ3n) is 3.45. The first-order valence-electron chi connectivity index (χ1n) is 7.90. The van der Waals surface area contributed by atoms with Gasteiger partial charge in [0.2, 0.25) is 0 Å². The van der Waals surface area contributed by atoms with Crippen molar-refractivity contribution in [3.8, 4) is 0 Å². The van der Waals surface area contributed by atoms with Crippen LogP contribution in [0.3, 0.4) is 0 Å². The van der Waals surface area contributed by atoms with Crippen molar-refractivity contribution in [1.82, 2.24) is 25.5 Å². The number of anilines is 1. The highest BCUT2D eigenvalue weighted by Crippen LogP contribution is 2.15. The number of hydrogen-bond donors (Lipinski definition) is 2. The number of benzene rings is 2. The fraction of sp³-hybridized carbons (Fsp3) is 0.235. The van der Waals surface area contributed by atoms with E-state index in [2.05, 4.69) is 39.9 Å². The number of amides is 1. The van der Waals surface area contributed by atoms with Gasteiger partial charge in [0.05, 0.1) is 6.54 Å². The molecule has 0 bridgehead atoms. The van der Waals surface area contributed by atoms with Crippen molar-refractivity contribution in [2.45, 2.75) is 20.4 Å². The lowest BCUT2D eigenvalue weighted by Gasteiger charge is -2.07. The lowest BCUT2D eigenvalue weighted by Crippen LogP contribution is -2.34. The van der Waals surface area contributed by atoms with E-state index in [4.69, 9.17) is 12.2 Å². The second kappa shape index (κ2) is 7.35. The average molecular weight is 354 g/mol. The molecule has 128 valence electrons. The van der Waals surface area contributed by atoms with Crippen LogP contribution in [0.1, 0.15) is 24.2 Å². The first-order valence-corrected chi connectivity index (χ1v) is 8.31. The predicted molar refractivity (Wildman–Crippen MR) is 100 cm³/mol. The number of carbonyl (C=O) groups is 1. The minimum absolute atomic E-state index is 0.127. The fourth-order valence-electron chi connectivity index (χ4n) is 2.34. The molecule has 3 aromatic rings. The maximum Gasteiger partial charge on any atom is 0.269 e. The summed E-state index contributed by atoms with van der Waals surface area (Å²) in [4.78, 5) is 13.8. The molecule has 2 aromatic carbocycles. The Morgan fingerprint density at radius 2 is 1.96 bits per heavy atom. The SMILES string of the molecule is CC(C)Cn1nnc(NC(=S)NC(=O)c2ccc3ccccc3c2)n1. The van der Waals surface area contributed by atoms with Gasteiger partial charge in [-0.3, -0.25) is 15.4 Å². The molecular formula is C17H18N6OS. The summed E-state index contributed by atoms with van der Waals surface area (Å²) in [5, 5.41) is 19.5. The van der Waals surface area contributed by atoms with E-state index < -0.39 is 0 Å². The van der Waals surface area contributed by atoms with E-state index in [0.717, 1.165) is 10.8 Å². The maximum atomic E-state index is 12.3. The third-order valence-corrected chi connectivity index (χ3v) is 3.65. The van der Waals surface area contributed by atoms with Gasteiger partial charge in [-0.15, -0.1) is 5.10 Å². The standard InChI is InChI=1S/C17H18N6OS/c1-11(2)10-23-21-16(20-22-23)19-17(25)18-15(24)14-8-7-12-5-3-4-6-13(12)9-14/h3-9,11H,10H2,1-2H3,(H2,18,19,21,24,25). The van der Waals surface area contributed by atoms with Crippen LogP contribution in [-0.2, 0) is 6.54 Å². The fourth-order valence-corrected chi connectivity index (χ4v) is 2.52. The molecule has 0 spiro atoms. The summed E-state index contributed by atoms with van der Waals surface area (Å²) in [6.07, 6.45) is 0. The molecule has 0 fully saturated rings. The van der Waals surface area contributed by atoms with Crippen molar-refractivity contribution in [3.63, 3.8) is 0 Å². The molecule has 1 aromatic heterocycles. The van der Waals surface area contributed by atoms with E-state index in [1.54, 1.807) is 6.07 Å². The molecule has 1 heterocycles. The molecule has 0 saturated carbocycles. The van der Waals surface area contributed by atoms with Crippen LogP contribution in [0.15, 0.2) is 42.5 Å². The van der Waals surface area contributed by atoms with Crippen LogP contribution >= 0.6 is 12.2 Å². The quantitative estimate of drug-likeness (QED) is 0.701. The number of tetrazole rings is 1. The van der Waals surface area contributed by atoms with Crippen LogP contribution in [0, 0.1) is 5.92 Å². The first-order chi connectivity index (χ1) is 12.0. The third kappa shape index (κ3) is 4.36. The summed E-state index contributed by atoms with van der Waals surface area (Å²) in [6, 6.07) is 13.3. The highest BCUT2D eigenvalue weighted by molar-refractivity contribution is 7.80. The Bertz CT molecular complexity index is 920. The van der Waals surface area contributed by atoms with Gasteiger partial charge < -0.3 is 0 Å². The Morgan fingerprint density at radius 1 is 1.20 bits per heavy atom. The number of nitrogens with one attached hydrogen (secondary N) is 2. The van der Waals surface area contributed by atoms with Gasteiger partial charge in [-0.25, -0.2) is 0 Å². The van der Waals surface area contributed by atoms with Gasteiger partial charge in [-0.2, -0.15) is 4.80 Å². The zero-order valence-electron chi connectivity index (χ0n) is 13.9. The largest absolute Gasteiger partial charge is 0.299 e. The number of hydrogen-bond acceptors (Lipinski definition) is 5. The van der Waals surface area contributed by atoms with Crippen LogP contribution in [0.5, 0.6) is 0 Å². The van der Waals surface area contributed by atoms with Crippen molar-refractivity contribution in [3.05, 3.63) is 48.0 Å². The van der Waals surface area contributed by atoms with Crippen molar-refractivity contribution in [2.24, 2.45) is 5.92 Å². The predicted octanol–water partition coefficient (Wildman–Crippen LogP) is 2.61. The van der Waals surface area contributed by atoms with E-state index in [0.29, 0.717) is 18.0 Å². The molecule has 0 saturated heterocycles. The van der Waals surface area contributed by atoms with Crippen LogP contribution in [0.2, 0.25) is 0 Å². The minimum Gasteiger partial charge on any atom is -0.299 e. The molecule has 0 aliphatic carbocycles.